The van der Waals surface area contributed by atoms with Gasteiger partial charge < -0.3 is 10.4 Å². The summed E-state index contributed by atoms with van der Waals surface area (Å²) in [5.74, 6) is 2.56. The number of hydrogen-bond acceptors (Lipinski definition) is 4. The summed E-state index contributed by atoms with van der Waals surface area (Å²) in [6, 6.07) is 0.374. The van der Waals surface area contributed by atoms with Crippen molar-refractivity contribution in [2.75, 3.05) is 31.1 Å². The number of likely N-dealkylation sites (tertiary alicyclic amines) is 1. The molecule has 1 amide bonds. The highest BCUT2D eigenvalue weighted by Gasteiger charge is 2.39. The van der Waals surface area contributed by atoms with Crippen LogP contribution in [-0.2, 0) is 4.79 Å². The van der Waals surface area contributed by atoms with Gasteiger partial charge in [-0.2, -0.15) is 11.8 Å². The Morgan fingerprint density at radius 3 is 2.62 bits per heavy atom. The third kappa shape index (κ3) is 4.36. The maximum absolute atomic E-state index is 12.2. The first-order valence-electron chi connectivity index (χ1n) is 8.25. The van der Waals surface area contributed by atoms with E-state index in [4.69, 9.17) is 0 Å². The Morgan fingerprint density at radius 2 is 2.10 bits per heavy atom. The van der Waals surface area contributed by atoms with Crippen LogP contribution in [-0.4, -0.2) is 58.7 Å². The van der Waals surface area contributed by atoms with Gasteiger partial charge in [-0.15, -0.1) is 0 Å². The smallest absolute Gasteiger partial charge is 0.252 e. The summed E-state index contributed by atoms with van der Waals surface area (Å²) < 4.78 is 0. The van der Waals surface area contributed by atoms with Crippen molar-refractivity contribution in [2.45, 2.75) is 51.7 Å². The zero-order valence-electron chi connectivity index (χ0n) is 13.6. The Labute approximate surface area is 133 Å². The van der Waals surface area contributed by atoms with Crippen LogP contribution in [0.4, 0.5) is 0 Å². The highest BCUT2D eigenvalue weighted by atomic mass is 32.2. The minimum absolute atomic E-state index is 0.177. The van der Waals surface area contributed by atoms with Crippen LogP contribution < -0.4 is 5.32 Å². The van der Waals surface area contributed by atoms with Gasteiger partial charge in [0.25, 0.3) is 5.91 Å². The number of carbonyl (C=O) groups excluding carboxylic acids is 1. The molecule has 2 fully saturated rings. The molecule has 2 rings (SSSR count). The Kier molecular flexibility index (Phi) is 5.97. The van der Waals surface area contributed by atoms with Crippen molar-refractivity contribution in [1.82, 2.24) is 10.2 Å². The molecule has 0 aromatic carbocycles. The van der Waals surface area contributed by atoms with Crippen LogP contribution in [0.5, 0.6) is 0 Å². The quantitative estimate of drug-likeness (QED) is 0.811. The number of nitrogens with one attached hydrogen (secondary N) is 1. The van der Waals surface area contributed by atoms with Gasteiger partial charge in [0.2, 0.25) is 0 Å². The average Bonchev–Trinajstić information content (AvgIpc) is 2.88. The van der Waals surface area contributed by atoms with E-state index in [1.807, 2.05) is 0 Å². The van der Waals surface area contributed by atoms with Crippen molar-refractivity contribution in [3.05, 3.63) is 0 Å². The van der Waals surface area contributed by atoms with Crippen LogP contribution in [0.1, 0.15) is 40.0 Å². The summed E-state index contributed by atoms with van der Waals surface area (Å²) in [6.07, 6.45) is 3.08. The number of carbonyl (C=O) groups is 1. The first-order valence-corrected chi connectivity index (χ1v) is 9.40. The van der Waals surface area contributed by atoms with E-state index in [1.54, 1.807) is 11.8 Å². The zero-order valence-corrected chi connectivity index (χ0v) is 14.4. The maximum atomic E-state index is 12.2. The highest BCUT2D eigenvalue weighted by Crippen LogP contribution is 2.28. The summed E-state index contributed by atoms with van der Waals surface area (Å²) in [5.41, 5.74) is -1.14. The number of nitrogens with zero attached hydrogens (tertiary/aromatic N) is 1. The fraction of sp³-hybridized carbons (Fsp3) is 0.938. The van der Waals surface area contributed by atoms with Crippen molar-refractivity contribution in [1.29, 1.82) is 0 Å². The third-order valence-corrected chi connectivity index (χ3v) is 6.13. The summed E-state index contributed by atoms with van der Waals surface area (Å²) in [6.45, 7) is 9.65. The van der Waals surface area contributed by atoms with Gasteiger partial charge in [0.15, 0.2) is 5.60 Å². The van der Waals surface area contributed by atoms with E-state index < -0.39 is 5.60 Å². The molecule has 2 atom stereocenters. The summed E-state index contributed by atoms with van der Waals surface area (Å²) in [7, 11) is 0. The third-order valence-electron chi connectivity index (χ3n) is 4.95. The van der Waals surface area contributed by atoms with Crippen LogP contribution in [0.3, 0.4) is 0 Å². The Morgan fingerprint density at radius 1 is 1.43 bits per heavy atom. The van der Waals surface area contributed by atoms with Gasteiger partial charge in [-0.25, -0.2) is 0 Å². The Hall–Kier alpha value is -0.260. The molecule has 0 saturated carbocycles. The number of hydrogen-bond donors (Lipinski definition) is 2. The monoisotopic (exact) mass is 314 g/mol. The normalized spacial score (nSPS) is 29.8. The molecule has 2 N–H and O–H groups in total. The van der Waals surface area contributed by atoms with Crippen LogP contribution in [0, 0.1) is 11.8 Å². The van der Waals surface area contributed by atoms with Crippen LogP contribution in [0.15, 0.2) is 0 Å². The maximum Gasteiger partial charge on any atom is 0.252 e. The number of rotatable bonds is 5. The number of piperidine rings is 1. The van der Waals surface area contributed by atoms with Gasteiger partial charge in [-0.3, -0.25) is 9.69 Å². The van der Waals surface area contributed by atoms with Gasteiger partial charge in [-0.05, 0) is 49.9 Å². The molecule has 2 heterocycles. The lowest BCUT2D eigenvalue weighted by Crippen LogP contribution is -2.54. The molecule has 2 aliphatic heterocycles. The summed E-state index contributed by atoms with van der Waals surface area (Å²) in [5, 5.41) is 13.3. The predicted molar refractivity (Wildman–Crippen MR) is 88.5 cm³/mol. The van der Waals surface area contributed by atoms with Gasteiger partial charge in [0, 0.05) is 18.3 Å². The van der Waals surface area contributed by atoms with E-state index in [9.17, 15) is 9.90 Å². The van der Waals surface area contributed by atoms with Crippen molar-refractivity contribution < 1.29 is 9.90 Å². The fourth-order valence-electron chi connectivity index (χ4n) is 3.24. The molecule has 2 unspecified atom stereocenters. The van der Waals surface area contributed by atoms with E-state index in [0.29, 0.717) is 30.7 Å². The van der Waals surface area contributed by atoms with Gasteiger partial charge in [0.1, 0.15) is 0 Å². The first-order chi connectivity index (χ1) is 9.92. The number of amides is 1. The van der Waals surface area contributed by atoms with E-state index >= 15 is 0 Å². The molecule has 5 heteroatoms. The van der Waals surface area contributed by atoms with E-state index in [0.717, 1.165) is 24.8 Å². The molecule has 0 radical (unpaired) electrons. The minimum Gasteiger partial charge on any atom is -0.379 e. The van der Waals surface area contributed by atoms with Crippen molar-refractivity contribution in [2.24, 2.45) is 11.8 Å². The van der Waals surface area contributed by atoms with Crippen molar-refractivity contribution in [3.63, 3.8) is 0 Å². The van der Waals surface area contributed by atoms with Gasteiger partial charge in [-0.1, -0.05) is 20.8 Å². The molecule has 4 nitrogen and oxygen atoms in total. The number of thioether (sulfide) groups is 1. The minimum atomic E-state index is -1.14. The standard InChI is InChI=1S/C16H30N2O2S/c1-12(2)14(18-7-4-13(3)5-8-18)10-17-15(19)16(20)6-9-21-11-16/h12-14,20H,4-11H2,1-3H3,(H,17,19). The second kappa shape index (κ2) is 7.34. The Bertz CT molecular complexity index is 348. The van der Waals surface area contributed by atoms with Crippen LogP contribution in [0.25, 0.3) is 0 Å². The van der Waals surface area contributed by atoms with Crippen molar-refractivity contribution >= 4 is 17.7 Å². The lowest BCUT2D eigenvalue weighted by molar-refractivity contribution is -0.137. The van der Waals surface area contributed by atoms with Gasteiger partial charge in [0.05, 0.1) is 0 Å². The largest absolute Gasteiger partial charge is 0.379 e. The predicted octanol–water partition coefficient (Wildman–Crippen LogP) is 1.73. The molecule has 122 valence electrons. The summed E-state index contributed by atoms with van der Waals surface area (Å²) >= 11 is 1.66. The fourth-order valence-corrected chi connectivity index (χ4v) is 4.48. The van der Waals surface area contributed by atoms with Crippen molar-refractivity contribution in [3.8, 4) is 0 Å². The van der Waals surface area contributed by atoms with Crippen LogP contribution in [0.2, 0.25) is 0 Å². The number of aliphatic hydroxyl groups is 1. The average molecular weight is 314 g/mol. The second-order valence-electron chi connectivity index (χ2n) is 7.07. The van der Waals surface area contributed by atoms with E-state index in [2.05, 4.69) is 31.0 Å². The SMILES string of the molecule is CC1CCN(C(CNC(=O)C2(O)CCSC2)C(C)C)CC1. The lowest BCUT2D eigenvalue weighted by atomic mass is 9.94. The van der Waals surface area contributed by atoms with Crippen LogP contribution >= 0.6 is 11.8 Å². The van der Waals surface area contributed by atoms with E-state index in [-0.39, 0.29) is 5.91 Å². The summed E-state index contributed by atoms with van der Waals surface area (Å²) in [4.78, 5) is 14.7. The molecule has 0 aromatic rings. The molecule has 0 spiro atoms. The second-order valence-corrected chi connectivity index (χ2v) is 8.18. The van der Waals surface area contributed by atoms with Gasteiger partial charge >= 0.3 is 0 Å². The molecule has 0 aliphatic carbocycles. The Balaban J connectivity index is 1.87. The zero-order chi connectivity index (χ0) is 15.5. The molecular formula is C16H30N2O2S. The lowest BCUT2D eigenvalue weighted by Gasteiger charge is -2.39. The molecular weight excluding hydrogens is 284 g/mol. The molecule has 21 heavy (non-hydrogen) atoms. The molecule has 2 saturated heterocycles. The first kappa shape index (κ1) is 17.1. The van der Waals surface area contributed by atoms with E-state index in [1.165, 1.54) is 12.8 Å². The topological polar surface area (TPSA) is 52.6 Å². The highest BCUT2D eigenvalue weighted by molar-refractivity contribution is 7.99. The molecule has 0 bridgehead atoms. The molecule has 0 aromatic heterocycles. The molecule has 2 aliphatic rings.